The van der Waals surface area contributed by atoms with Crippen LogP contribution in [0.15, 0.2) is 29.9 Å². The monoisotopic (exact) mass is 444 g/mol. The van der Waals surface area contributed by atoms with Crippen molar-refractivity contribution in [3.8, 4) is 0 Å². The standard InChI is InChI=1S/C18H19Cl3N4OS/c1-2-7-25-17(11-5-3-4-6-11)23-24-18(25)27-10-16(26)22-15-9-13(20)12(19)8-14(15)21/h2,8-9,11H,1,3-7,10H2,(H,22,26). The lowest BCUT2D eigenvalue weighted by Gasteiger charge is -2.12. The Morgan fingerprint density at radius 1 is 1.22 bits per heavy atom. The molecule has 1 fully saturated rings. The van der Waals surface area contributed by atoms with E-state index in [0.29, 0.717) is 38.4 Å². The van der Waals surface area contributed by atoms with Gasteiger partial charge in [0.2, 0.25) is 5.91 Å². The molecule has 1 amide bonds. The molecule has 1 saturated carbocycles. The van der Waals surface area contributed by atoms with Gasteiger partial charge in [-0.2, -0.15) is 0 Å². The van der Waals surface area contributed by atoms with Gasteiger partial charge in [0.05, 0.1) is 26.5 Å². The molecule has 1 aromatic heterocycles. The molecular formula is C18H19Cl3N4OS. The van der Waals surface area contributed by atoms with Crippen LogP contribution >= 0.6 is 46.6 Å². The second-order valence-corrected chi connectivity index (χ2v) is 8.47. The lowest BCUT2D eigenvalue weighted by Crippen LogP contribution is -2.15. The van der Waals surface area contributed by atoms with Crippen LogP contribution in [-0.2, 0) is 11.3 Å². The first kappa shape index (κ1) is 20.5. The molecule has 3 rings (SSSR count). The van der Waals surface area contributed by atoms with Crippen LogP contribution in [0.3, 0.4) is 0 Å². The highest BCUT2D eigenvalue weighted by Crippen LogP contribution is 2.35. The van der Waals surface area contributed by atoms with E-state index in [2.05, 4.69) is 22.1 Å². The van der Waals surface area contributed by atoms with Gasteiger partial charge in [-0.3, -0.25) is 4.79 Å². The van der Waals surface area contributed by atoms with Crippen molar-refractivity contribution in [2.45, 2.75) is 43.3 Å². The van der Waals surface area contributed by atoms with Crippen LogP contribution in [0.4, 0.5) is 5.69 Å². The molecule has 0 atom stereocenters. The first-order valence-corrected chi connectivity index (χ1v) is 10.7. The number of carbonyl (C=O) groups excluding carboxylic acids is 1. The van der Waals surface area contributed by atoms with Crippen LogP contribution in [0.25, 0.3) is 0 Å². The summed E-state index contributed by atoms with van der Waals surface area (Å²) in [5.74, 6) is 1.39. The van der Waals surface area contributed by atoms with Crippen molar-refractivity contribution in [1.82, 2.24) is 14.8 Å². The van der Waals surface area contributed by atoms with Crippen LogP contribution in [0.2, 0.25) is 15.1 Å². The number of carbonyl (C=O) groups is 1. The number of hydrogen-bond donors (Lipinski definition) is 1. The van der Waals surface area contributed by atoms with Crippen molar-refractivity contribution in [3.05, 3.63) is 45.7 Å². The molecule has 9 heteroatoms. The predicted molar refractivity (Wildman–Crippen MR) is 112 cm³/mol. The number of amides is 1. The molecular weight excluding hydrogens is 427 g/mol. The van der Waals surface area contributed by atoms with E-state index in [1.54, 1.807) is 0 Å². The van der Waals surface area contributed by atoms with Crippen molar-refractivity contribution in [3.63, 3.8) is 0 Å². The van der Waals surface area contributed by atoms with Gasteiger partial charge >= 0.3 is 0 Å². The Hall–Kier alpha value is -1.21. The van der Waals surface area contributed by atoms with Crippen molar-refractivity contribution in [1.29, 1.82) is 0 Å². The molecule has 1 aromatic carbocycles. The minimum atomic E-state index is -0.212. The molecule has 1 heterocycles. The number of nitrogens with zero attached hydrogens (tertiary/aromatic N) is 3. The largest absolute Gasteiger partial charge is 0.324 e. The third kappa shape index (κ3) is 4.99. The zero-order chi connectivity index (χ0) is 19.4. The zero-order valence-corrected chi connectivity index (χ0v) is 17.6. The van der Waals surface area contributed by atoms with Crippen LogP contribution in [0.5, 0.6) is 0 Å². The lowest BCUT2D eigenvalue weighted by molar-refractivity contribution is -0.113. The summed E-state index contributed by atoms with van der Waals surface area (Å²) in [5, 5.41) is 13.1. The highest BCUT2D eigenvalue weighted by Gasteiger charge is 2.24. The summed E-state index contributed by atoms with van der Waals surface area (Å²) < 4.78 is 2.05. The predicted octanol–water partition coefficient (Wildman–Crippen LogP) is 5.81. The van der Waals surface area contributed by atoms with Gasteiger partial charge in [-0.1, -0.05) is 65.5 Å². The van der Waals surface area contributed by atoms with E-state index in [0.717, 1.165) is 18.7 Å². The normalized spacial score (nSPS) is 14.5. The van der Waals surface area contributed by atoms with E-state index in [1.165, 1.54) is 36.7 Å². The number of anilines is 1. The van der Waals surface area contributed by atoms with E-state index < -0.39 is 0 Å². The third-order valence-corrected chi connectivity index (χ3v) is 6.40. The number of nitrogens with one attached hydrogen (secondary N) is 1. The fourth-order valence-corrected chi connectivity index (χ4v) is 4.48. The van der Waals surface area contributed by atoms with E-state index in [1.807, 2.05) is 10.6 Å². The number of thioether (sulfide) groups is 1. The van der Waals surface area contributed by atoms with Crippen molar-refractivity contribution < 1.29 is 4.79 Å². The van der Waals surface area contributed by atoms with Crippen LogP contribution < -0.4 is 5.32 Å². The molecule has 0 radical (unpaired) electrons. The summed E-state index contributed by atoms with van der Waals surface area (Å²) in [5.41, 5.74) is 0.427. The number of aromatic nitrogens is 3. The second kappa shape index (κ2) is 9.32. The molecule has 0 bridgehead atoms. The van der Waals surface area contributed by atoms with E-state index >= 15 is 0 Å². The van der Waals surface area contributed by atoms with Gasteiger partial charge in [0, 0.05) is 12.5 Å². The average Bonchev–Trinajstić information content (AvgIpc) is 3.28. The average molecular weight is 446 g/mol. The van der Waals surface area contributed by atoms with Crippen molar-refractivity contribution in [2.75, 3.05) is 11.1 Å². The Morgan fingerprint density at radius 3 is 2.63 bits per heavy atom. The van der Waals surface area contributed by atoms with Gasteiger partial charge in [-0.15, -0.1) is 16.8 Å². The number of hydrogen-bond acceptors (Lipinski definition) is 4. The van der Waals surface area contributed by atoms with Gasteiger partial charge in [-0.25, -0.2) is 0 Å². The number of halogens is 3. The molecule has 0 saturated heterocycles. The van der Waals surface area contributed by atoms with E-state index in [-0.39, 0.29) is 11.7 Å². The van der Waals surface area contributed by atoms with Crippen LogP contribution in [0.1, 0.15) is 37.4 Å². The Labute approximate surface area is 177 Å². The maximum atomic E-state index is 12.3. The fraction of sp³-hybridized carbons (Fsp3) is 0.389. The van der Waals surface area contributed by atoms with Gasteiger partial charge in [0.1, 0.15) is 5.82 Å². The van der Waals surface area contributed by atoms with E-state index in [4.69, 9.17) is 34.8 Å². The molecule has 1 aliphatic carbocycles. The Morgan fingerprint density at radius 2 is 1.93 bits per heavy atom. The SMILES string of the molecule is C=CCn1c(SCC(=O)Nc2cc(Cl)c(Cl)cc2Cl)nnc1C1CCCC1. The summed E-state index contributed by atoms with van der Waals surface area (Å²) in [7, 11) is 0. The van der Waals surface area contributed by atoms with Gasteiger partial charge in [0.25, 0.3) is 0 Å². The molecule has 1 aliphatic rings. The molecule has 144 valence electrons. The summed E-state index contributed by atoms with van der Waals surface area (Å²) >= 11 is 19.3. The minimum Gasteiger partial charge on any atom is -0.324 e. The van der Waals surface area contributed by atoms with Gasteiger partial charge < -0.3 is 9.88 Å². The molecule has 2 aromatic rings. The molecule has 0 spiro atoms. The maximum Gasteiger partial charge on any atom is 0.234 e. The lowest BCUT2D eigenvalue weighted by atomic mass is 10.1. The smallest absolute Gasteiger partial charge is 0.234 e. The first-order valence-electron chi connectivity index (χ1n) is 8.60. The molecule has 27 heavy (non-hydrogen) atoms. The van der Waals surface area contributed by atoms with Crippen LogP contribution in [-0.4, -0.2) is 26.4 Å². The molecule has 1 N–H and O–H groups in total. The fourth-order valence-electron chi connectivity index (χ4n) is 3.13. The van der Waals surface area contributed by atoms with Gasteiger partial charge in [-0.05, 0) is 25.0 Å². The number of benzene rings is 1. The van der Waals surface area contributed by atoms with Crippen molar-refractivity contribution >= 4 is 58.2 Å². The maximum absolute atomic E-state index is 12.3. The van der Waals surface area contributed by atoms with Gasteiger partial charge in [0.15, 0.2) is 5.16 Å². The Balaban J connectivity index is 1.66. The van der Waals surface area contributed by atoms with Crippen molar-refractivity contribution in [2.24, 2.45) is 0 Å². The van der Waals surface area contributed by atoms with Crippen LogP contribution in [0, 0.1) is 0 Å². The summed E-state index contributed by atoms with van der Waals surface area (Å²) in [4.78, 5) is 12.3. The second-order valence-electron chi connectivity index (χ2n) is 6.30. The quantitative estimate of drug-likeness (QED) is 0.332. The number of rotatable bonds is 7. The third-order valence-electron chi connectivity index (χ3n) is 4.39. The first-order chi connectivity index (χ1) is 13.0. The number of allylic oxidation sites excluding steroid dienone is 1. The highest BCUT2D eigenvalue weighted by atomic mass is 35.5. The Kier molecular flexibility index (Phi) is 7.09. The Bertz CT molecular complexity index is 849. The van der Waals surface area contributed by atoms with E-state index in [9.17, 15) is 4.79 Å². The minimum absolute atomic E-state index is 0.177. The summed E-state index contributed by atoms with van der Waals surface area (Å²) in [6.07, 6.45) is 6.54. The molecule has 0 aliphatic heterocycles. The zero-order valence-electron chi connectivity index (χ0n) is 14.6. The molecule has 5 nitrogen and oxygen atoms in total. The molecule has 0 unspecified atom stereocenters. The highest BCUT2D eigenvalue weighted by molar-refractivity contribution is 7.99. The summed E-state index contributed by atoms with van der Waals surface area (Å²) in [6.45, 7) is 4.44. The topological polar surface area (TPSA) is 59.8 Å². The summed E-state index contributed by atoms with van der Waals surface area (Å²) in [6, 6.07) is 3.04.